The topological polar surface area (TPSA) is 74.5 Å². The van der Waals surface area contributed by atoms with Crippen LogP contribution in [0.4, 0.5) is 30.6 Å². The Morgan fingerprint density at radius 2 is 1.76 bits per heavy atom. The molecule has 1 aliphatic carbocycles. The summed E-state index contributed by atoms with van der Waals surface area (Å²) in [6.45, 7) is 0.240. The van der Waals surface area contributed by atoms with Crippen LogP contribution in [0.2, 0.25) is 0 Å². The molecule has 0 bridgehead atoms. The SMILES string of the molecule is OC[C@H]1CC[C@H](Nc2cccc3nc(Nc4ccc(C(F)(F)F)cc4)nn23)CC1. The summed E-state index contributed by atoms with van der Waals surface area (Å²) in [5.74, 6) is 1.50. The number of fused-ring (bicyclic) bond motifs is 1. The second-order valence-corrected chi connectivity index (χ2v) is 7.36. The van der Waals surface area contributed by atoms with E-state index < -0.39 is 11.7 Å². The van der Waals surface area contributed by atoms with Gasteiger partial charge in [-0.2, -0.15) is 22.7 Å². The van der Waals surface area contributed by atoms with E-state index in [1.165, 1.54) is 12.1 Å². The van der Waals surface area contributed by atoms with Crippen LogP contribution in [-0.4, -0.2) is 32.4 Å². The molecule has 0 unspecified atom stereocenters. The average Bonchev–Trinajstić information content (AvgIpc) is 3.12. The molecule has 0 radical (unpaired) electrons. The number of nitrogens with zero attached hydrogens (tertiary/aromatic N) is 3. The highest BCUT2D eigenvalue weighted by atomic mass is 19.4. The van der Waals surface area contributed by atoms with E-state index in [9.17, 15) is 18.3 Å². The number of nitrogens with one attached hydrogen (secondary N) is 2. The first-order valence-electron chi connectivity index (χ1n) is 9.60. The van der Waals surface area contributed by atoms with E-state index in [0.29, 0.717) is 29.2 Å². The molecule has 1 saturated carbocycles. The summed E-state index contributed by atoms with van der Waals surface area (Å²) in [5, 5.41) is 20.2. The van der Waals surface area contributed by atoms with E-state index in [0.717, 1.165) is 43.6 Å². The summed E-state index contributed by atoms with van der Waals surface area (Å²) in [6.07, 6.45) is -0.429. The average molecular weight is 405 g/mol. The summed E-state index contributed by atoms with van der Waals surface area (Å²) in [6, 6.07) is 10.7. The number of benzene rings is 1. The zero-order valence-electron chi connectivity index (χ0n) is 15.7. The third kappa shape index (κ3) is 4.45. The number of alkyl halides is 3. The molecule has 4 rings (SSSR count). The van der Waals surface area contributed by atoms with Crippen LogP contribution in [0.5, 0.6) is 0 Å². The molecule has 1 fully saturated rings. The second kappa shape index (κ2) is 7.90. The van der Waals surface area contributed by atoms with Crippen LogP contribution < -0.4 is 10.6 Å². The van der Waals surface area contributed by atoms with Crippen molar-refractivity contribution >= 4 is 23.1 Å². The number of hydrogen-bond acceptors (Lipinski definition) is 5. The lowest BCUT2D eigenvalue weighted by Gasteiger charge is -2.28. The van der Waals surface area contributed by atoms with Crippen molar-refractivity contribution in [3.8, 4) is 0 Å². The van der Waals surface area contributed by atoms with Gasteiger partial charge < -0.3 is 15.7 Å². The van der Waals surface area contributed by atoms with Gasteiger partial charge in [0.05, 0.1) is 5.56 Å². The molecule has 2 heterocycles. The Morgan fingerprint density at radius 3 is 2.41 bits per heavy atom. The van der Waals surface area contributed by atoms with Gasteiger partial charge in [-0.3, -0.25) is 0 Å². The van der Waals surface area contributed by atoms with Crippen molar-refractivity contribution in [1.29, 1.82) is 0 Å². The van der Waals surface area contributed by atoms with Crippen LogP contribution in [0.3, 0.4) is 0 Å². The van der Waals surface area contributed by atoms with Crippen molar-refractivity contribution in [2.45, 2.75) is 37.9 Å². The molecule has 154 valence electrons. The van der Waals surface area contributed by atoms with Gasteiger partial charge in [-0.05, 0) is 68.0 Å². The van der Waals surface area contributed by atoms with Crippen LogP contribution in [0.15, 0.2) is 42.5 Å². The summed E-state index contributed by atoms with van der Waals surface area (Å²) in [7, 11) is 0. The highest BCUT2D eigenvalue weighted by molar-refractivity contribution is 5.58. The Balaban J connectivity index is 1.49. The first-order valence-corrected chi connectivity index (χ1v) is 9.60. The predicted molar refractivity (Wildman–Crippen MR) is 104 cm³/mol. The van der Waals surface area contributed by atoms with Gasteiger partial charge in [0.2, 0.25) is 5.95 Å². The molecule has 0 amide bonds. The van der Waals surface area contributed by atoms with Crippen molar-refractivity contribution < 1.29 is 18.3 Å². The van der Waals surface area contributed by atoms with Crippen LogP contribution in [0.25, 0.3) is 5.65 Å². The molecule has 6 nitrogen and oxygen atoms in total. The fraction of sp³-hybridized carbons (Fsp3) is 0.400. The molecular weight excluding hydrogens is 383 g/mol. The molecule has 3 aromatic rings. The third-order valence-corrected chi connectivity index (χ3v) is 5.29. The zero-order chi connectivity index (χ0) is 20.4. The minimum atomic E-state index is -4.36. The molecular formula is C20H22F3N5O. The van der Waals surface area contributed by atoms with Crippen LogP contribution in [0.1, 0.15) is 31.2 Å². The maximum atomic E-state index is 12.7. The lowest BCUT2D eigenvalue weighted by Crippen LogP contribution is -2.28. The predicted octanol–water partition coefficient (Wildman–Crippen LogP) is 4.45. The minimum Gasteiger partial charge on any atom is -0.396 e. The highest BCUT2D eigenvalue weighted by Gasteiger charge is 2.30. The molecule has 29 heavy (non-hydrogen) atoms. The molecule has 9 heteroatoms. The fourth-order valence-electron chi connectivity index (χ4n) is 3.64. The normalized spacial score (nSPS) is 20.0. The third-order valence-electron chi connectivity index (χ3n) is 5.29. The molecule has 0 atom stereocenters. The van der Waals surface area contributed by atoms with E-state index >= 15 is 0 Å². The Bertz CT molecular complexity index is 962. The van der Waals surface area contributed by atoms with E-state index in [1.807, 2.05) is 18.2 Å². The molecule has 0 aliphatic heterocycles. The number of anilines is 3. The van der Waals surface area contributed by atoms with Crippen molar-refractivity contribution in [3.63, 3.8) is 0 Å². The van der Waals surface area contributed by atoms with E-state index in [2.05, 4.69) is 20.7 Å². The number of pyridine rings is 1. The van der Waals surface area contributed by atoms with Gasteiger partial charge in [0.15, 0.2) is 5.65 Å². The maximum Gasteiger partial charge on any atom is 0.416 e. The Morgan fingerprint density at radius 1 is 1.03 bits per heavy atom. The monoisotopic (exact) mass is 405 g/mol. The minimum absolute atomic E-state index is 0.240. The highest BCUT2D eigenvalue weighted by Crippen LogP contribution is 2.30. The van der Waals surface area contributed by atoms with Gasteiger partial charge in [0, 0.05) is 18.3 Å². The second-order valence-electron chi connectivity index (χ2n) is 7.36. The number of aromatic nitrogens is 3. The van der Waals surface area contributed by atoms with Crippen molar-refractivity contribution in [2.24, 2.45) is 5.92 Å². The molecule has 3 N–H and O–H groups in total. The van der Waals surface area contributed by atoms with Gasteiger partial charge in [-0.1, -0.05) is 6.07 Å². The van der Waals surface area contributed by atoms with Crippen LogP contribution in [-0.2, 0) is 6.18 Å². The summed E-state index contributed by atoms with van der Waals surface area (Å²) in [4.78, 5) is 4.40. The zero-order valence-corrected chi connectivity index (χ0v) is 15.7. The molecule has 0 saturated heterocycles. The lowest BCUT2D eigenvalue weighted by molar-refractivity contribution is -0.137. The van der Waals surface area contributed by atoms with E-state index in [-0.39, 0.29) is 6.61 Å². The molecule has 1 aliphatic rings. The van der Waals surface area contributed by atoms with Crippen LogP contribution >= 0.6 is 0 Å². The smallest absolute Gasteiger partial charge is 0.396 e. The maximum absolute atomic E-state index is 12.7. The van der Waals surface area contributed by atoms with E-state index in [1.54, 1.807) is 4.52 Å². The lowest BCUT2D eigenvalue weighted by atomic mass is 9.86. The standard InChI is InChI=1S/C20H22F3N5O/c21-20(22,23)14-6-10-16(11-7-14)25-19-26-18-3-1-2-17(28(18)27-19)24-15-8-4-13(12-29)5-9-15/h1-3,6-7,10-11,13,15,24,29H,4-5,8-9,12H2,(H,25,27)/t13-,15-. The van der Waals surface area contributed by atoms with Gasteiger partial charge in [0.25, 0.3) is 0 Å². The largest absolute Gasteiger partial charge is 0.416 e. The molecule has 0 spiro atoms. The summed E-state index contributed by atoms with van der Waals surface area (Å²) >= 11 is 0. The summed E-state index contributed by atoms with van der Waals surface area (Å²) < 4.78 is 39.8. The Kier molecular flexibility index (Phi) is 5.31. The van der Waals surface area contributed by atoms with Crippen molar-refractivity contribution in [3.05, 3.63) is 48.0 Å². The van der Waals surface area contributed by atoms with Gasteiger partial charge in [-0.15, -0.1) is 5.10 Å². The van der Waals surface area contributed by atoms with Gasteiger partial charge in [0.1, 0.15) is 5.82 Å². The van der Waals surface area contributed by atoms with Gasteiger partial charge in [-0.25, -0.2) is 0 Å². The number of rotatable bonds is 5. The van der Waals surface area contributed by atoms with Gasteiger partial charge >= 0.3 is 6.18 Å². The Hall–Kier alpha value is -2.81. The quantitative estimate of drug-likeness (QED) is 0.585. The van der Waals surface area contributed by atoms with Crippen molar-refractivity contribution in [1.82, 2.24) is 14.6 Å². The molecule has 1 aromatic carbocycles. The molecule has 2 aromatic heterocycles. The fourth-order valence-corrected chi connectivity index (χ4v) is 3.64. The number of aliphatic hydroxyl groups is 1. The Labute approximate surface area is 165 Å². The van der Waals surface area contributed by atoms with Crippen molar-refractivity contribution in [2.75, 3.05) is 17.2 Å². The van der Waals surface area contributed by atoms with E-state index in [4.69, 9.17) is 0 Å². The number of aliphatic hydroxyl groups excluding tert-OH is 1. The summed E-state index contributed by atoms with van der Waals surface area (Å²) in [5.41, 5.74) is 0.410. The van der Waals surface area contributed by atoms with Crippen LogP contribution in [0, 0.1) is 5.92 Å². The first-order chi connectivity index (χ1) is 13.9. The first kappa shape index (κ1) is 19.5. The number of halogens is 3. The number of hydrogen-bond donors (Lipinski definition) is 3.